The summed E-state index contributed by atoms with van der Waals surface area (Å²) < 4.78 is 12.4. The fourth-order valence-electron chi connectivity index (χ4n) is 4.79. The highest BCUT2D eigenvalue weighted by Crippen LogP contribution is 2.43. The fraction of sp³-hybridized carbons (Fsp3) is 0.259. The van der Waals surface area contributed by atoms with Crippen molar-refractivity contribution in [1.82, 2.24) is 9.55 Å². The van der Waals surface area contributed by atoms with E-state index in [0.717, 1.165) is 54.0 Å². The monoisotopic (exact) mass is 456 g/mol. The van der Waals surface area contributed by atoms with Crippen molar-refractivity contribution in [3.63, 3.8) is 0 Å². The molecular formula is C27H28N4O3. The Bertz CT molecular complexity index is 1360. The van der Waals surface area contributed by atoms with Crippen LogP contribution in [0.4, 0.5) is 17.1 Å². The van der Waals surface area contributed by atoms with Gasteiger partial charge in [0.25, 0.3) is 0 Å². The molecule has 2 heterocycles. The number of aryl methyl sites for hydroxylation is 1. The van der Waals surface area contributed by atoms with Crippen LogP contribution in [0.1, 0.15) is 22.3 Å². The number of nitrogens with zero attached hydrogens (tertiary/aromatic N) is 3. The smallest absolute Gasteiger partial charge is 0.337 e. The average Bonchev–Trinajstić information content (AvgIpc) is 3.45. The normalized spacial score (nSPS) is 12.8. The summed E-state index contributed by atoms with van der Waals surface area (Å²) >= 11 is 0. The highest BCUT2D eigenvalue weighted by atomic mass is 16.5. The number of hydrogen-bond acceptors (Lipinski definition) is 6. The van der Waals surface area contributed by atoms with E-state index in [-0.39, 0.29) is 5.97 Å². The van der Waals surface area contributed by atoms with Gasteiger partial charge in [-0.05, 0) is 54.8 Å². The third kappa shape index (κ3) is 3.78. The summed E-state index contributed by atoms with van der Waals surface area (Å²) in [5.41, 5.74) is 13.9. The van der Waals surface area contributed by atoms with E-state index in [4.69, 9.17) is 20.2 Å². The highest BCUT2D eigenvalue weighted by Gasteiger charge is 2.26. The van der Waals surface area contributed by atoms with E-state index in [2.05, 4.69) is 39.8 Å². The van der Waals surface area contributed by atoms with Crippen molar-refractivity contribution >= 4 is 34.1 Å². The van der Waals surface area contributed by atoms with E-state index in [1.54, 1.807) is 19.2 Å². The van der Waals surface area contributed by atoms with Gasteiger partial charge in [0.2, 0.25) is 0 Å². The van der Waals surface area contributed by atoms with Gasteiger partial charge in [0, 0.05) is 38.1 Å². The minimum atomic E-state index is -0.379. The molecule has 0 aliphatic carbocycles. The molecule has 34 heavy (non-hydrogen) atoms. The molecule has 3 aromatic carbocycles. The number of fused-ring (bicyclic) bond motifs is 2. The maximum absolute atomic E-state index is 12.1. The molecule has 1 aliphatic rings. The van der Waals surface area contributed by atoms with Gasteiger partial charge in [-0.25, -0.2) is 9.78 Å². The summed E-state index contributed by atoms with van der Waals surface area (Å²) in [7, 11) is 3.09. The Morgan fingerprint density at radius 3 is 2.76 bits per heavy atom. The van der Waals surface area contributed by atoms with Crippen molar-refractivity contribution in [3.05, 3.63) is 71.8 Å². The first-order chi connectivity index (χ1) is 16.6. The lowest BCUT2D eigenvalue weighted by molar-refractivity contribution is 0.0601. The number of para-hydroxylation sites is 2. The second-order valence-electron chi connectivity index (χ2n) is 8.40. The van der Waals surface area contributed by atoms with E-state index in [1.165, 1.54) is 18.4 Å². The number of benzene rings is 3. The zero-order valence-electron chi connectivity index (χ0n) is 19.5. The molecule has 0 unspecified atom stereocenters. The van der Waals surface area contributed by atoms with E-state index >= 15 is 0 Å². The number of carbonyl (C=O) groups excluding carboxylic acids is 1. The van der Waals surface area contributed by atoms with Gasteiger partial charge in [-0.15, -0.1) is 0 Å². The topological polar surface area (TPSA) is 82.6 Å². The molecule has 0 radical (unpaired) electrons. The third-order valence-corrected chi connectivity index (χ3v) is 6.36. The molecule has 1 aliphatic heterocycles. The Morgan fingerprint density at radius 1 is 1.09 bits per heavy atom. The van der Waals surface area contributed by atoms with Crippen LogP contribution in [-0.2, 0) is 22.4 Å². The van der Waals surface area contributed by atoms with E-state index < -0.39 is 0 Å². The van der Waals surface area contributed by atoms with Crippen molar-refractivity contribution < 1.29 is 14.3 Å². The van der Waals surface area contributed by atoms with Gasteiger partial charge in [0.1, 0.15) is 5.82 Å². The van der Waals surface area contributed by atoms with Gasteiger partial charge in [-0.3, -0.25) is 0 Å². The maximum atomic E-state index is 12.1. The van der Waals surface area contributed by atoms with Gasteiger partial charge in [0.05, 0.1) is 35.1 Å². The van der Waals surface area contributed by atoms with Gasteiger partial charge in [-0.1, -0.05) is 24.3 Å². The average molecular weight is 457 g/mol. The van der Waals surface area contributed by atoms with Crippen LogP contribution in [0.3, 0.4) is 0 Å². The number of nitrogen functional groups attached to an aromatic ring is 1. The minimum absolute atomic E-state index is 0.379. The molecule has 174 valence electrons. The van der Waals surface area contributed by atoms with Crippen molar-refractivity contribution in [2.75, 3.05) is 38.0 Å². The fourth-order valence-corrected chi connectivity index (χ4v) is 4.79. The number of methoxy groups -OCH3 is 2. The molecule has 0 saturated heterocycles. The first-order valence-corrected chi connectivity index (χ1v) is 11.4. The lowest BCUT2D eigenvalue weighted by Gasteiger charge is -2.25. The number of anilines is 3. The van der Waals surface area contributed by atoms with Gasteiger partial charge in [-0.2, -0.15) is 0 Å². The molecule has 5 rings (SSSR count). The number of rotatable bonds is 7. The van der Waals surface area contributed by atoms with Crippen molar-refractivity contribution in [2.24, 2.45) is 0 Å². The SMILES string of the molecule is COCCCn1c(-c2cccc(N)c2N2CCc3ccccc32)nc2cc(C(=O)OC)ccc21. The molecule has 0 bridgehead atoms. The molecular weight excluding hydrogens is 428 g/mol. The summed E-state index contributed by atoms with van der Waals surface area (Å²) in [6, 6.07) is 19.9. The Morgan fingerprint density at radius 2 is 1.94 bits per heavy atom. The van der Waals surface area contributed by atoms with Gasteiger partial charge >= 0.3 is 5.97 Å². The number of carbonyl (C=O) groups is 1. The lowest BCUT2D eigenvalue weighted by Crippen LogP contribution is -2.17. The number of ether oxygens (including phenoxy) is 2. The van der Waals surface area contributed by atoms with E-state index in [9.17, 15) is 4.79 Å². The second kappa shape index (κ2) is 9.19. The first-order valence-electron chi connectivity index (χ1n) is 11.4. The predicted octanol–water partition coefficient (Wildman–Crippen LogP) is 4.80. The third-order valence-electron chi connectivity index (χ3n) is 6.36. The second-order valence-corrected chi connectivity index (χ2v) is 8.40. The Hall–Kier alpha value is -3.84. The zero-order chi connectivity index (χ0) is 23.7. The summed E-state index contributed by atoms with van der Waals surface area (Å²) in [4.78, 5) is 19.4. The zero-order valence-corrected chi connectivity index (χ0v) is 19.5. The maximum Gasteiger partial charge on any atom is 0.337 e. The first kappa shape index (κ1) is 22.0. The predicted molar refractivity (Wildman–Crippen MR) is 135 cm³/mol. The van der Waals surface area contributed by atoms with Crippen molar-refractivity contribution in [1.29, 1.82) is 0 Å². The number of nitrogens with two attached hydrogens (primary N) is 1. The number of esters is 1. The Balaban J connectivity index is 1.69. The number of aromatic nitrogens is 2. The molecule has 7 nitrogen and oxygen atoms in total. The minimum Gasteiger partial charge on any atom is -0.465 e. The summed E-state index contributed by atoms with van der Waals surface area (Å²) in [6.45, 7) is 2.22. The standard InChI is InChI=1S/C27H28N4O3/c1-33-16-6-14-31-24-12-11-19(27(32)34-2)17-22(24)29-26(31)20-8-5-9-21(28)25(20)30-15-13-18-7-3-4-10-23(18)30/h3-5,7-12,17H,6,13-16,28H2,1-2H3. The molecule has 0 saturated carbocycles. The summed E-state index contributed by atoms with van der Waals surface area (Å²) in [5.74, 6) is 0.440. The van der Waals surface area contributed by atoms with Crippen LogP contribution in [0, 0.1) is 0 Å². The molecule has 0 amide bonds. The molecule has 7 heteroatoms. The molecule has 0 spiro atoms. The Kier molecular flexibility index (Phi) is 5.94. The van der Waals surface area contributed by atoms with Crippen LogP contribution in [0.2, 0.25) is 0 Å². The van der Waals surface area contributed by atoms with E-state index in [0.29, 0.717) is 17.9 Å². The summed E-state index contributed by atoms with van der Waals surface area (Å²) in [6.07, 6.45) is 1.80. The van der Waals surface area contributed by atoms with E-state index in [1.807, 2.05) is 18.2 Å². The van der Waals surface area contributed by atoms with Crippen LogP contribution in [0.25, 0.3) is 22.4 Å². The van der Waals surface area contributed by atoms with Crippen LogP contribution < -0.4 is 10.6 Å². The van der Waals surface area contributed by atoms with Crippen LogP contribution in [0.5, 0.6) is 0 Å². The van der Waals surface area contributed by atoms with Gasteiger partial charge < -0.3 is 24.7 Å². The van der Waals surface area contributed by atoms with Crippen molar-refractivity contribution in [2.45, 2.75) is 19.4 Å². The van der Waals surface area contributed by atoms with Crippen molar-refractivity contribution in [3.8, 4) is 11.4 Å². The Labute approximate surface area is 198 Å². The molecule has 4 aromatic rings. The largest absolute Gasteiger partial charge is 0.465 e. The van der Waals surface area contributed by atoms with Gasteiger partial charge in [0.15, 0.2) is 0 Å². The molecule has 2 N–H and O–H groups in total. The molecule has 0 atom stereocenters. The highest BCUT2D eigenvalue weighted by molar-refractivity contribution is 5.96. The lowest BCUT2D eigenvalue weighted by atomic mass is 10.1. The number of imidazole rings is 1. The van der Waals surface area contributed by atoms with Crippen LogP contribution in [0.15, 0.2) is 60.7 Å². The quantitative estimate of drug-likeness (QED) is 0.244. The number of hydrogen-bond donors (Lipinski definition) is 1. The van der Waals surface area contributed by atoms with Crippen LogP contribution in [-0.4, -0.2) is 42.9 Å². The molecule has 1 aromatic heterocycles. The van der Waals surface area contributed by atoms with Crippen LogP contribution >= 0.6 is 0 Å². The summed E-state index contributed by atoms with van der Waals surface area (Å²) in [5, 5.41) is 0. The molecule has 0 fully saturated rings.